The summed E-state index contributed by atoms with van der Waals surface area (Å²) >= 11 is 0. The molecule has 0 unspecified atom stereocenters. The number of carbonyl (C=O) groups is 1. The molecule has 0 aliphatic heterocycles. The minimum Gasteiger partial charge on any atom is -0.478 e. The van der Waals surface area contributed by atoms with Gasteiger partial charge in [0.2, 0.25) is 0 Å². The Morgan fingerprint density at radius 3 is 2.44 bits per heavy atom. The zero-order chi connectivity index (χ0) is 12.8. The van der Waals surface area contributed by atoms with Gasteiger partial charge in [-0.3, -0.25) is 0 Å². The maximum atomic E-state index is 10.4. The summed E-state index contributed by atoms with van der Waals surface area (Å²) < 4.78 is 5.40. The number of hydrogen-bond donors (Lipinski definition) is 1. The van der Waals surface area contributed by atoms with Crippen LogP contribution in [0.1, 0.15) is 5.56 Å². The van der Waals surface area contributed by atoms with Gasteiger partial charge in [-0.25, -0.2) is 14.8 Å². The first kappa shape index (κ1) is 11.8. The van der Waals surface area contributed by atoms with E-state index in [1.165, 1.54) is 6.08 Å². The molecule has 5 heteroatoms. The van der Waals surface area contributed by atoms with Gasteiger partial charge in [0.15, 0.2) is 0 Å². The molecule has 1 aromatic carbocycles. The second-order valence-electron chi connectivity index (χ2n) is 3.37. The van der Waals surface area contributed by atoms with Crippen LogP contribution in [0, 0.1) is 0 Å². The first-order valence-electron chi connectivity index (χ1n) is 5.20. The maximum absolute atomic E-state index is 10.4. The van der Waals surface area contributed by atoms with Gasteiger partial charge in [0.05, 0.1) is 0 Å². The summed E-state index contributed by atoms with van der Waals surface area (Å²) in [5.74, 6) is -0.387. The highest BCUT2D eigenvalue weighted by Crippen LogP contribution is 2.18. The Hall–Kier alpha value is -2.69. The topological polar surface area (TPSA) is 72.3 Å². The zero-order valence-corrected chi connectivity index (χ0v) is 9.35. The molecule has 2 rings (SSSR count). The van der Waals surface area contributed by atoms with Crippen LogP contribution in [0.3, 0.4) is 0 Å². The standard InChI is InChI=1S/C13H10N2O3/c16-12(17)7-4-10-2-5-11(6-3-10)18-13-14-8-1-9-15-13/h1-9H,(H,16,17). The third kappa shape index (κ3) is 3.41. The van der Waals surface area contributed by atoms with Crippen molar-refractivity contribution in [3.63, 3.8) is 0 Å². The lowest BCUT2D eigenvalue weighted by Crippen LogP contribution is -1.90. The molecule has 0 saturated heterocycles. The Morgan fingerprint density at radius 2 is 1.83 bits per heavy atom. The highest BCUT2D eigenvalue weighted by atomic mass is 16.5. The van der Waals surface area contributed by atoms with Crippen molar-refractivity contribution in [2.24, 2.45) is 0 Å². The summed E-state index contributed by atoms with van der Waals surface area (Å²) in [6.45, 7) is 0. The van der Waals surface area contributed by atoms with Crippen LogP contribution in [0.2, 0.25) is 0 Å². The van der Waals surface area contributed by atoms with Gasteiger partial charge < -0.3 is 9.84 Å². The Labute approximate surface area is 103 Å². The molecule has 0 atom stereocenters. The number of carboxylic acids is 1. The molecule has 18 heavy (non-hydrogen) atoms. The molecule has 0 bridgehead atoms. The van der Waals surface area contributed by atoms with E-state index < -0.39 is 5.97 Å². The van der Waals surface area contributed by atoms with Crippen molar-refractivity contribution in [2.75, 3.05) is 0 Å². The molecule has 1 heterocycles. The Bertz CT molecular complexity index is 550. The Morgan fingerprint density at radius 1 is 1.17 bits per heavy atom. The van der Waals surface area contributed by atoms with Gasteiger partial charge in [0, 0.05) is 18.5 Å². The molecule has 5 nitrogen and oxygen atoms in total. The highest BCUT2D eigenvalue weighted by Gasteiger charge is 1.98. The monoisotopic (exact) mass is 242 g/mol. The zero-order valence-electron chi connectivity index (χ0n) is 9.35. The van der Waals surface area contributed by atoms with Gasteiger partial charge in [0.25, 0.3) is 0 Å². The lowest BCUT2D eigenvalue weighted by atomic mass is 10.2. The van der Waals surface area contributed by atoms with Crippen LogP contribution < -0.4 is 4.74 Å². The van der Waals surface area contributed by atoms with Crippen molar-refractivity contribution in [2.45, 2.75) is 0 Å². The van der Waals surface area contributed by atoms with Crippen LogP contribution >= 0.6 is 0 Å². The molecule has 0 amide bonds. The minimum absolute atomic E-state index is 0.270. The van der Waals surface area contributed by atoms with Gasteiger partial charge in [-0.1, -0.05) is 12.1 Å². The van der Waals surface area contributed by atoms with Crippen molar-refractivity contribution in [3.8, 4) is 11.8 Å². The lowest BCUT2D eigenvalue weighted by molar-refractivity contribution is -0.131. The van der Waals surface area contributed by atoms with Gasteiger partial charge in [-0.2, -0.15) is 0 Å². The summed E-state index contributed by atoms with van der Waals surface area (Å²) in [6, 6.07) is 8.91. The number of ether oxygens (including phenoxy) is 1. The fourth-order valence-corrected chi connectivity index (χ4v) is 1.26. The number of carboxylic acid groups (broad SMARTS) is 1. The fourth-order valence-electron chi connectivity index (χ4n) is 1.26. The Kier molecular flexibility index (Phi) is 3.66. The van der Waals surface area contributed by atoms with Crippen molar-refractivity contribution in [1.82, 2.24) is 9.97 Å². The molecule has 1 N–H and O–H groups in total. The van der Waals surface area contributed by atoms with Crippen LogP contribution in [0.25, 0.3) is 6.08 Å². The minimum atomic E-state index is -0.979. The van der Waals surface area contributed by atoms with Crippen molar-refractivity contribution >= 4 is 12.0 Å². The molecule has 0 spiro atoms. The van der Waals surface area contributed by atoms with Crippen LogP contribution in [0.4, 0.5) is 0 Å². The van der Waals surface area contributed by atoms with Gasteiger partial charge in [-0.15, -0.1) is 0 Å². The molecule has 90 valence electrons. The SMILES string of the molecule is O=C(O)C=Cc1ccc(Oc2ncccn2)cc1. The van der Waals surface area contributed by atoms with Crippen LogP contribution in [-0.4, -0.2) is 21.0 Å². The summed E-state index contributed by atoms with van der Waals surface area (Å²) in [7, 11) is 0. The third-order valence-electron chi connectivity index (χ3n) is 2.05. The van der Waals surface area contributed by atoms with Gasteiger partial charge in [0.1, 0.15) is 5.75 Å². The Balaban J connectivity index is 2.06. The van der Waals surface area contributed by atoms with Gasteiger partial charge in [-0.05, 0) is 29.8 Å². The van der Waals surface area contributed by atoms with Gasteiger partial charge >= 0.3 is 12.0 Å². The number of benzene rings is 1. The van der Waals surface area contributed by atoms with Crippen molar-refractivity contribution in [1.29, 1.82) is 0 Å². The lowest BCUT2D eigenvalue weighted by Gasteiger charge is -2.02. The predicted octanol–water partition coefficient (Wildman–Crippen LogP) is 2.37. The molecule has 0 fully saturated rings. The third-order valence-corrected chi connectivity index (χ3v) is 2.05. The molecule has 2 aromatic rings. The van der Waals surface area contributed by atoms with E-state index in [-0.39, 0.29) is 6.01 Å². The maximum Gasteiger partial charge on any atom is 0.328 e. The van der Waals surface area contributed by atoms with E-state index >= 15 is 0 Å². The number of aliphatic carboxylic acids is 1. The van der Waals surface area contributed by atoms with Crippen LogP contribution in [0.5, 0.6) is 11.8 Å². The molecule has 0 aliphatic carbocycles. The first-order valence-corrected chi connectivity index (χ1v) is 5.20. The smallest absolute Gasteiger partial charge is 0.328 e. The molecule has 0 saturated carbocycles. The van der Waals surface area contributed by atoms with E-state index in [2.05, 4.69) is 9.97 Å². The highest BCUT2D eigenvalue weighted by molar-refractivity contribution is 5.85. The second kappa shape index (κ2) is 5.58. The largest absolute Gasteiger partial charge is 0.478 e. The molecular formula is C13H10N2O3. The number of nitrogens with zero attached hydrogens (tertiary/aromatic N) is 2. The van der Waals surface area contributed by atoms with Crippen molar-refractivity contribution < 1.29 is 14.6 Å². The van der Waals surface area contributed by atoms with E-state index in [4.69, 9.17) is 9.84 Å². The second-order valence-corrected chi connectivity index (χ2v) is 3.37. The predicted molar refractivity (Wildman–Crippen MR) is 65.2 cm³/mol. The summed E-state index contributed by atoms with van der Waals surface area (Å²) in [5.41, 5.74) is 0.777. The quantitative estimate of drug-likeness (QED) is 0.833. The van der Waals surface area contributed by atoms with E-state index in [9.17, 15) is 4.79 Å². The van der Waals surface area contributed by atoms with Crippen LogP contribution in [0.15, 0.2) is 48.8 Å². The normalized spacial score (nSPS) is 10.4. The first-order chi connectivity index (χ1) is 8.74. The van der Waals surface area contributed by atoms with E-state index in [1.54, 1.807) is 42.7 Å². The molecular weight excluding hydrogens is 232 g/mol. The van der Waals surface area contributed by atoms with Crippen LogP contribution in [-0.2, 0) is 4.79 Å². The van der Waals surface area contributed by atoms with E-state index in [0.29, 0.717) is 5.75 Å². The summed E-state index contributed by atoms with van der Waals surface area (Å²) in [4.78, 5) is 18.2. The average Bonchev–Trinajstić information content (AvgIpc) is 2.39. The van der Waals surface area contributed by atoms with Crippen molar-refractivity contribution in [3.05, 3.63) is 54.4 Å². The summed E-state index contributed by atoms with van der Waals surface area (Å²) in [5, 5.41) is 8.50. The average molecular weight is 242 g/mol. The fraction of sp³-hybridized carbons (Fsp3) is 0. The molecule has 0 aliphatic rings. The summed E-state index contributed by atoms with van der Waals surface area (Å²) in [6.07, 6.45) is 5.76. The van der Waals surface area contributed by atoms with E-state index in [0.717, 1.165) is 11.6 Å². The number of hydrogen-bond acceptors (Lipinski definition) is 4. The number of rotatable bonds is 4. The molecule has 1 aromatic heterocycles. The van der Waals surface area contributed by atoms with E-state index in [1.807, 2.05) is 0 Å². The number of aromatic nitrogens is 2. The molecule has 0 radical (unpaired) electrons.